The first kappa shape index (κ1) is 29.5. The van der Waals surface area contributed by atoms with Crippen molar-refractivity contribution in [2.24, 2.45) is 0 Å². The molecule has 0 fully saturated rings. The molecule has 0 aliphatic carbocycles. The standard InChI is InChI=1S/C25H28N2O2S.CH3.ClH.Ru/c1-25(2,3)22-16-14-19(15-17-22)18-30(28,29)27-24(21-12-8-5-9-13-21)23(26)20-10-6-4-7-11-20;;;/h4-17,23-24,26H,18H2,1-3H3;1H3;1H;/q-2;-1;;+4/p-1. The average molecular weight is 572 g/mol. The van der Waals surface area contributed by atoms with Crippen molar-refractivity contribution in [1.82, 2.24) is 0 Å². The third-order valence-corrected chi connectivity index (χ3v) is 6.31. The number of hydrogen-bond donors (Lipinski definition) is 0. The van der Waals surface area contributed by atoms with E-state index in [1.54, 1.807) is 0 Å². The number of nitrogens with one attached hydrogen (secondary N) is 1. The second kappa shape index (κ2) is 13.4. The molecule has 0 aliphatic rings. The van der Waals surface area contributed by atoms with Gasteiger partial charge < -0.3 is 17.9 Å². The first-order chi connectivity index (χ1) is 15.2. The van der Waals surface area contributed by atoms with Gasteiger partial charge >= 0.3 is 27.0 Å². The number of nitrogens with zero attached hydrogens (tertiary/aromatic N) is 1. The van der Waals surface area contributed by atoms with Crippen molar-refractivity contribution in [2.45, 2.75) is 44.0 Å². The molecule has 0 saturated heterocycles. The van der Waals surface area contributed by atoms with Gasteiger partial charge in [0.25, 0.3) is 0 Å². The van der Waals surface area contributed by atoms with Gasteiger partial charge in [0.2, 0.25) is 0 Å². The zero-order chi connectivity index (χ0) is 23.8. The summed E-state index contributed by atoms with van der Waals surface area (Å²) in [6, 6.07) is 24.5. The van der Waals surface area contributed by atoms with Gasteiger partial charge in [-0.15, -0.1) is 12.1 Å². The van der Waals surface area contributed by atoms with Crippen molar-refractivity contribution < 1.29 is 25.7 Å². The maximum absolute atomic E-state index is 13.0. The summed E-state index contributed by atoms with van der Waals surface area (Å²) in [6.07, 6.45) is 0. The molecule has 0 amide bonds. The zero-order valence-corrected chi connectivity index (χ0v) is 22.7. The van der Waals surface area contributed by atoms with Gasteiger partial charge in [-0.05, 0) is 16.5 Å². The van der Waals surface area contributed by atoms with Crippen molar-refractivity contribution in [1.29, 1.82) is 0 Å². The van der Waals surface area contributed by atoms with Crippen molar-refractivity contribution in [3.63, 3.8) is 0 Å². The minimum atomic E-state index is -3.78. The second-order valence-electron chi connectivity index (χ2n) is 8.52. The van der Waals surface area contributed by atoms with E-state index in [4.69, 9.17) is 5.73 Å². The summed E-state index contributed by atoms with van der Waals surface area (Å²) in [5, 5.41) is 0. The van der Waals surface area contributed by atoms with E-state index in [0.717, 1.165) is 11.1 Å². The second-order valence-corrected chi connectivity index (χ2v) is 10.2. The van der Waals surface area contributed by atoms with Crippen LogP contribution in [-0.4, -0.2) is 8.42 Å². The van der Waals surface area contributed by atoms with Gasteiger partial charge in [-0.2, -0.15) is 0 Å². The van der Waals surface area contributed by atoms with Crippen LogP contribution in [0.2, 0.25) is 0 Å². The molecule has 0 spiro atoms. The fourth-order valence-electron chi connectivity index (χ4n) is 3.33. The summed E-state index contributed by atoms with van der Waals surface area (Å²) >= 11 is 1.82. The molecule has 0 radical (unpaired) electrons. The minimum absolute atomic E-state index is 0. The van der Waals surface area contributed by atoms with E-state index in [1.807, 2.05) is 102 Å². The summed E-state index contributed by atoms with van der Waals surface area (Å²) in [6.45, 7) is 6.36. The van der Waals surface area contributed by atoms with Crippen LogP contribution in [0.3, 0.4) is 0 Å². The zero-order valence-electron chi connectivity index (χ0n) is 19.3. The Bertz CT molecular complexity index is 1050. The first-order valence-electron chi connectivity index (χ1n) is 10.1. The van der Waals surface area contributed by atoms with Crippen molar-refractivity contribution in [3.05, 3.63) is 125 Å². The topological polar surface area (TPSA) is 72.0 Å². The Morgan fingerprint density at radius 3 is 1.76 bits per heavy atom. The predicted octanol–water partition coefficient (Wildman–Crippen LogP) is 7.86. The van der Waals surface area contributed by atoms with E-state index in [9.17, 15) is 8.42 Å². The van der Waals surface area contributed by atoms with Crippen LogP contribution in [0.15, 0.2) is 84.9 Å². The van der Waals surface area contributed by atoms with Gasteiger partial charge in [0.05, 0.1) is 15.8 Å². The third-order valence-electron chi connectivity index (χ3n) is 5.06. The molecule has 0 bridgehead atoms. The van der Waals surface area contributed by atoms with E-state index in [2.05, 4.69) is 35.2 Å². The average Bonchev–Trinajstić information content (AvgIpc) is 2.79. The fourth-order valence-corrected chi connectivity index (χ4v) is 4.61. The van der Waals surface area contributed by atoms with Crippen molar-refractivity contribution >= 4 is 19.7 Å². The molecule has 2 atom stereocenters. The molecule has 3 aromatic rings. The van der Waals surface area contributed by atoms with Gasteiger partial charge in [-0.25, -0.2) is 8.42 Å². The monoisotopic (exact) mass is 572 g/mol. The van der Waals surface area contributed by atoms with Crippen LogP contribution in [0.1, 0.15) is 55.1 Å². The van der Waals surface area contributed by atoms with Crippen LogP contribution in [-0.2, 0) is 38.5 Å². The summed E-state index contributed by atoms with van der Waals surface area (Å²) < 4.78 is 30.1. The molecule has 1 N–H and O–H groups in total. The quantitative estimate of drug-likeness (QED) is 0.214. The van der Waals surface area contributed by atoms with E-state index in [1.165, 1.54) is 0 Å². The molecular formula is C26H31ClN2O2RuS. The van der Waals surface area contributed by atoms with Gasteiger partial charge in [0.1, 0.15) is 0 Å². The maximum atomic E-state index is 13.0. The molecule has 3 aromatic carbocycles. The molecule has 0 aromatic heterocycles. The fraction of sp³-hybridized carbons (Fsp3) is 0.269. The Morgan fingerprint density at radius 2 is 1.30 bits per heavy atom. The van der Waals surface area contributed by atoms with E-state index < -0.39 is 22.1 Å². The van der Waals surface area contributed by atoms with E-state index >= 15 is 0 Å². The molecule has 0 saturated carbocycles. The number of benzene rings is 3. The van der Waals surface area contributed by atoms with Crippen molar-refractivity contribution in [3.8, 4) is 0 Å². The molecule has 0 heterocycles. The third kappa shape index (κ3) is 8.96. The molecule has 0 aliphatic heterocycles. The summed E-state index contributed by atoms with van der Waals surface area (Å²) in [5.41, 5.74) is 12.0. The van der Waals surface area contributed by atoms with E-state index in [0.29, 0.717) is 11.1 Å². The summed E-state index contributed by atoms with van der Waals surface area (Å²) in [7, 11) is 0.791. The SMILES string of the molecule is CC(C)(C)c1ccc(CS(=O)(=O)[N-]C(c2ccccc2)C([NH-])c2ccccc2)cc1.[CH3-].[Cl][Ru+3]. The summed E-state index contributed by atoms with van der Waals surface area (Å²) in [4.78, 5) is 0. The Hall–Kier alpha value is -1.56. The van der Waals surface area contributed by atoms with Crippen LogP contribution in [0.4, 0.5) is 0 Å². The number of hydrogen-bond acceptors (Lipinski definition) is 2. The summed E-state index contributed by atoms with van der Waals surface area (Å²) in [5.74, 6) is -0.178. The predicted molar refractivity (Wildman–Crippen MR) is 136 cm³/mol. The van der Waals surface area contributed by atoms with Crippen LogP contribution in [0, 0.1) is 7.43 Å². The molecule has 4 nitrogen and oxygen atoms in total. The molecule has 33 heavy (non-hydrogen) atoms. The molecular weight excluding hydrogens is 541 g/mol. The Morgan fingerprint density at radius 1 is 0.848 bits per heavy atom. The molecule has 2 unspecified atom stereocenters. The van der Waals surface area contributed by atoms with Crippen LogP contribution < -0.4 is 0 Å². The molecule has 7 heteroatoms. The van der Waals surface area contributed by atoms with Gasteiger partial charge in [-0.3, -0.25) is 0 Å². The Kier molecular flexibility index (Phi) is 11.9. The Balaban J connectivity index is 0.00000177. The number of rotatable bonds is 7. The van der Waals surface area contributed by atoms with Gasteiger partial charge in [0, 0.05) is 0 Å². The van der Waals surface area contributed by atoms with Crippen molar-refractivity contribution in [2.75, 3.05) is 0 Å². The van der Waals surface area contributed by atoms with Gasteiger partial charge in [0.15, 0.2) is 0 Å². The Labute approximate surface area is 213 Å². The number of sulfonamides is 1. The van der Waals surface area contributed by atoms with Crippen LogP contribution in [0.25, 0.3) is 10.5 Å². The molecule has 178 valence electrons. The van der Waals surface area contributed by atoms with Crippen LogP contribution >= 0.6 is 9.69 Å². The molecule has 3 rings (SSSR count). The van der Waals surface area contributed by atoms with E-state index in [-0.39, 0.29) is 18.6 Å². The number of halogens is 1. The van der Waals surface area contributed by atoms with Gasteiger partial charge in [-0.1, -0.05) is 117 Å². The van der Waals surface area contributed by atoms with Crippen LogP contribution in [0.5, 0.6) is 0 Å². The first-order valence-corrected chi connectivity index (χ1v) is 14.0. The normalized spacial score (nSPS) is 13.1.